The number of aromatic nitrogens is 3. The number of nitrogens with zero attached hydrogens (tertiary/aromatic N) is 4. The summed E-state index contributed by atoms with van der Waals surface area (Å²) in [6.45, 7) is 5.56. The van der Waals surface area contributed by atoms with E-state index >= 15 is 0 Å². The molecule has 0 radical (unpaired) electrons. The van der Waals surface area contributed by atoms with Gasteiger partial charge >= 0.3 is 0 Å². The van der Waals surface area contributed by atoms with E-state index in [2.05, 4.69) is 26.1 Å². The fourth-order valence-corrected chi connectivity index (χ4v) is 3.82. The molecule has 2 aromatic rings. The number of rotatable bonds is 3. The number of fused-ring (bicyclic) bond motifs is 1. The first kappa shape index (κ1) is 14.8. The van der Waals surface area contributed by atoms with Gasteiger partial charge in [0, 0.05) is 51.2 Å². The van der Waals surface area contributed by atoms with Crippen LogP contribution in [0.2, 0.25) is 0 Å². The summed E-state index contributed by atoms with van der Waals surface area (Å²) in [5, 5.41) is 8.27. The highest BCUT2D eigenvalue weighted by Crippen LogP contribution is 2.39. The molecule has 4 rings (SSSR count). The van der Waals surface area contributed by atoms with Crippen LogP contribution in [0.25, 0.3) is 0 Å². The maximum atomic E-state index is 6.01. The lowest BCUT2D eigenvalue weighted by molar-refractivity contribution is -0.0822. The van der Waals surface area contributed by atoms with Crippen LogP contribution in [0.5, 0.6) is 0 Å². The van der Waals surface area contributed by atoms with Gasteiger partial charge in [0.2, 0.25) is 11.8 Å². The van der Waals surface area contributed by atoms with Gasteiger partial charge in [-0.3, -0.25) is 9.88 Å². The maximum absolute atomic E-state index is 6.01. The zero-order valence-electron chi connectivity index (χ0n) is 13.4. The van der Waals surface area contributed by atoms with E-state index in [1.807, 2.05) is 25.3 Å². The summed E-state index contributed by atoms with van der Waals surface area (Å²) in [6, 6.07) is 6.09. The van der Waals surface area contributed by atoms with Crippen molar-refractivity contribution in [2.75, 3.05) is 19.7 Å². The van der Waals surface area contributed by atoms with Crippen molar-refractivity contribution < 1.29 is 9.15 Å². The minimum absolute atomic E-state index is 0.306. The summed E-state index contributed by atoms with van der Waals surface area (Å²) < 4.78 is 11.7. The maximum Gasteiger partial charge on any atom is 0.220 e. The van der Waals surface area contributed by atoms with E-state index in [4.69, 9.17) is 9.15 Å². The fraction of sp³-hybridized carbons (Fsp3) is 0.588. The summed E-state index contributed by atoms with van der Waals surface area (Å²) >= 11 is 0. The molecule has 3 atom stereocenters. The van der Waals surface area contributed by atoms with E-state index in [1.54, 1.807) is 0 Å². The van der Waals surface area contributed by atoms with Gasteiger partial charge in [0.15, 0.2) is 0 Å². The second-order valence-corrected chi connectivity index (χ2v) is 6.47. The molecule has 2 aliphatic heterocycles. The van der Waals surface area contributed by atoms with E-state index < -0.39 is 0 Å². The standard InChI is InChI=1S/C17H22N4O2/c1-12-19-20-17(23-12)14-6-9-22-16-5-8-21(11-15(14)16)10-13-4-2-3-7-18-13/h2-4,7,14-16H,5-6,8-11H2,1H3/t14-,15-,16-/m1/s1. The molecule has 0 aliphatic carbocycles. The Bertz CT molecular complexity index is 645. The van der Waals surface area contributed by atoms with E-state index in [-0.39, 0.29) is 0 Å². The van der Waals surface area contributed by atoms with Gasteiger partial charge in [0.1, 0.15) is 0 Å². The molecule has 0 spiro atoms. The number of aryl methyl sites for hydroxylation is 1. The van der Waals surface area contributed by atoms with E-state index in [0.29, 0.717) is 23.8 Å². The predicted molar refractivity (Wildman–Crippen MR) is 83.8 cm³/mol. The molecule has 2 saturated heterocycles. The van der Waals surface area contributed by atoms with Crippen molar-refractivity contribution in [3.8, 4) is 0 Å². The Balaban J connectivity index is 1.49. The second kappa shape index (κ2) is 6.37. The Kier molecular flexibility index (Phi) is 4.10. The van der Waals surface area contributed by atoms with Crippen molar-refractivity contribution in [2.45, 2.75) is 38.3 Å². The molecule has 23 heavy (non-hydrogen) atoms. The summed E-state index contributed by atoms with van der Waals surface area (Å²) in [4.78, 5) is 6.91. The quantitative estimate of drug-likeness (QED) is 0.865. The summed E-state index contributed by atoms with van der Waals surface area (Å²) in [5.41, 5.74) is 1.12. The predicted octanol–water partition coefficient (Wildman–Crippen LogP) is 2.17. The Morgan fingerprint density at radius 2 is 2.22 bits per heavy atom. The monoisotopic (exact) mass is 314 g/mol. The molecule has 6 heteroatoms. The summed E-state index contributed by atoms with van der Waals surface area (Å²) in [5.74, 6) is 2.15. The van der Waals surface area contributed by atoms with Crippen molar-refractivity contribution in [2.24, 2.45) is 5.92 Å². The number of piperidine rings is 1. The van der Waals surface area contributed by atoms with Crippen LogP contribution in [0.4, 0.5) is 0 Å². The van der Waals surface area contributed by atoms with E-state index in [0.717, 1.165) is 50.7 Å². The third-order valence-electron chi connectivity index (χ3n) is 4.92. The fourth-order valence-electron chi connectivity index (χ4n) is 3.82. The third-order valence-corrected chi connectivity index (χ3v) is 4.92. The van der Waals surface area contributed by atoms with Gasteiger partial charge in [-0.25, -0.2) is 0 Å². The first-order chi connectivity index (χ1) is 11.3. The van der Waals surface area contributed by atoms with Crippen LogP contribution in [0.15, 0.2) is 28.8 Å². The van der Waals surface area contributed by atoms with Gasteiger partial charge in [-0.05, 0) is 25.0 Å². The van der Waals surface area contributed by atoms with Gasteiger partial charge in [-0.1, -0.05) is 6.07 Å². The number of ether oxygens (including phenoxy) is 1. The molecule has 0 bridgehead atoms. The molecule has 0 saturated carbocycles. The topological polar surface area (TPSA) is 64.3 Å². The van der Waals surface area contributed by atoms with E-state index in [9.17, 15) is 0 Å². The van der Waals surface area contributed by atoms with Crippen molar-refractivity contribution >= 4 is 0 Å². The van der Waals surface area contributed by atoms with Crippen LogP contribution in [-0.4, -0.2) is 45.9 Å². The van der Waals surface area contributed by atoms with Crippen molar-refractivity contribution in [3.63, 3.8) is 0 Å². The highest BCUT2D eigenvalue weighted by molar-refractivity contribution is 5.05. The average Bonchev–Trinajstić information content (AvgIpc) is 3.01. The van der Waals surface area contributed by atoms with Crippen molar-refractivity contribution in [3.05, 3.63) is 41.9 Å². The number of likely N-dealkylation sites (tertiary alicyclic amines) is 1. The normalized spacial score (nSPS) is 28.5. The largest absolute Gasteiger partial charge is 0.425 e. The SMILES string of the molecule is Cc1nnc([C@@H]2CCO[C@@H]3CCN(Cc4ccccn4)C[C@@H]32)o1. The molecular formula is C17H22N4O2. The van der Waals surface area contributed by atoms with Gasteiger partial charge < -0.3 is 9.15 Å². The number of hydrogen-bond acceptors (Lipinski definition) is 6. The molecule has 0 amide bonds. The molecule has 2 aliphatic rings. The molecule has 122 valence electrons. The van der Waals surface area contributed by atoms with Crippen LogP contribution in [0, 0.1) is 12.8 Å². The first-order valence-electron chi connectivity index (χ1n) is 8.33. The zero-order chi connectivity index (χ0) is 15.6. The number of pyridine rings is 1. The zero-order valence-corrected chi connectivity index (χ0v) is 13.4. The lowest BCUT2D eigenvalue weighted by atomic mass is 9.79. The van der Waals surface area contributed by atoms with Gasteiger partial charge in [-0.2, -0.15) is 0 Å². The minimum Gasteiger partial charge on any atom is -0.425 e. The average molecular weight is 314 g/mol. The van der Waals surface area contributed by atoms with Crippen LogP contribution in [0.3, 0.4) is 0 Å². The van der Waals surface area contributed by atoms with Gasteiger partial charge in [0.25, 0.3) is 0 Å². The molecule has 0 unspecified atom stereocenters. The highest BCUT2D eigenvalue weighted by Gasteiger charge is 2.41. The molecule has 4 heterocycles. The number of hydrogen-bond donors (Lipinski definition) is 0. The van der Waals surface area contributed by atoms with Crippen LogP contribution < -0.4 is 0 Å². The highest BCUT2D eigenvalue weighted by atomic mass is 16.5. The third kappa shape index (κ3) is 3.14. The Morgan fingerprint density at radius 3 is 3.00 bits per heavy atom. The Morgan fingerprint density at radius 1 is 1.26 bits per heavy atom. The van der Waals surface area contributed by atoms with Crippen LogP contribution in [0.1, 0.15) is 36.2 Å². The molecule has 6 nitrogen and oxygen atoms in total. The van der Waals surface area contributed by atoms with Crippen LogP contribution in [-0.2, 0) is 11.3 Å². The van der Waals surface area contributed by atoms with Gasteiger partial charge in [0.05, 0.1) is 11.8 Å². The molecule has 2 fully saturated rings. The molecular weight excluding hydrogens is 292 g/mol. The van der Waals surface area contributed by atoms with Crippen molar-refractivity contribution in [1.29, 1.82) is 0 Å². The summed E-state index contributed by atoms with van der Waals surface area (Å²) in [6.07, 6.45) is 4.18. The van der Waals surface area contributed by atoms with Crippen LogP contribution >= 0.6 is 0 Å². The smallest absolute Gasteiger partial charge is 0.220 e. The van der Waals surface area contributed by atoms with Gasteiger partial charge in [-0.15, -0.1) is 10.2 Å². The summed E-state index contributed by atoms with van der Waals surface area (Å²) in [7, 11) is 0. The molecule has 0 aromatic carbocycles. The minimum atomic E-state index is 0.306. The van der Waals surface area contributed by atoms with Crippen molar-refractivity contribution in [1.82, 2.24) is 20.1 Å². The Labute approximate surface area is 135 Å². The lowest BCUT2D eigenvalue weighted by Crippen LogP contribution is -2.48. The Hall–Kier alpha value is -1.79. The first-order valence-corrected chi connectivity index (χ1v) is 8.33. The second-order valence-electron chi connectivity index (χ2n) is 6.47. The lowest BCUT2D eigenvalue weighted by Gasteiger charge is -2.44. The molecule has 2 aromatic heterocycles. The molecule has 0 N–H and O–H groups in total. The van der Waals surface area contributed by atoms with E-state index in [1.165, 1.54) is 0 Å².